The van der Waals surface area contributed by atoms with Crippen LogP contribution in [0.15, 0.2) is 12.3 Å². The van der Waals surface area contributed by atoms with Gasteiger partial charge in [-0.15, -0.1) is 0 Å². The summed E-state index contributed by atoms with van der Waals surface area (Å²) >= 11 is 0. The normalized spacial score (nSPS) is 21.3. The smallest absolute Gasteiger partial charge is 0.229 e. The second-order valence-electron chi connectivity index (χ2n) is 5.74. The molecule has 0 bridgehead atoms. The van der Waals surface area contributed by atoms with Gasteiger partial charge < -0.3 is 5.32 Å². The number of hydrogen-bond donors (Lipinski definition) is 1. The maximum Gasteiger partial charge on any atom is 0.229 e. The Kier molecular flexibility index (Phi) is 3.96. The number of carbonyl (C=O) groups is 2. The Bertz CT molecular complexity index is 327. The molecule has 1 heterocycles. The van der Waals surface area contributed by atoms with E-state index in [9.17, 15) is 9.59 Å². The lowest BCUT2D eigenvalue weighted by Gasteiger charge is -2.36. The van der Waals surface area contributed by atoms with Gasteiger partial charge in [0.1, 0.15) is 0 Å². The summed E-state index contributed by atoms with van der Waals surface area (Å²) in [4.78, 5) is 25.2. The lowest BCUT2D eigenvalue weighted by atomic mass is 9.81. The van der Waals surface area contributed by atoms with Gasteiger partial charge >= 0.3 is 0 Å². The van der Waals surface area contributed by atoms with Crippen LogP contribution in [0.1, 0.15) is 40.5 Å². The van der Waals surface area contributed by atoms with Crippen molar-refractivity contribution in [2.75, 3.05) is 6.54 Å². The molecule has 1 unspecified atom stereocenters. The maximum absolute atomic E-state index is 11.9. The standard InChI is InChI=1S/C13H22N2O2/c1-9(2)14-10(3)8-15-11(16)6-13(4,5)7-12(15)17/h10,14H,1,6-8H2,2-5H3. The van der Waals surface area contributed by atoms with Crippen molar-refractivity contribution in [3.8, 4) is 0 Å². The monoisotopic (exact) mass is 238 g/mol. The van der Waals surface area contributed by atoms with Gasteiger partial charge in [-0.25, -0.2) is 0 Å². The Morgan fingerprint density at radius 2 is 1.88 bits per heavy atom. The van der Waals surface area contributed by atoms with Crippen LogP contribution in [0.3, 0.4) is 0 Å². The van der Waals surface area contributed by atoms with Crippen LogP contribution < -0.4 is 5.32 Å². The maximum atomic E-state index is 11.9. The molecule has 0 aromatic carbocycles. The van der Waals surface area contributed by atoms with Gasteiger partial charge in [-0.05, 0) is 19.3 Å². The van der Waals surface area contributed by atoms with Crippen LogP contribution in [-0.4, -0.2) is 29.3 Å². The third-order valence-electron chi connectivity index (χ3n) is 2.81. The van der Waals surface area contributed by atoms with Crippen LogP contribution in [0.5, 0.6) is 0 Å². The van der Waals surface area contributed by atoms with Crippen molar-refractivity contribution < 1.29 is 9.59 Å². The van der Waals surface area contributed by atoms with Gasteiger partial charge in [0, 0.05) is 31.1 Å². The molecule has 1 aliphatic heterocycles. The Hall–Kier alpha value is -1.32. The molecule has 1 saturated heterocycles. The number of hydrogen-bond acceptors (Lipinski definition) is 3. The predicted octanol–water partition coefficient (Wildman–Crippen LogP) is 1.67. The number of rotatable bonds is 4. The number of amides is 2. The van der Waals surface area contributed by atoms with Crippen molar-refractivity contribution in [1.29, 1.82) is 0 Å². The zero-order valence-electron chi connectivity index (χ0n) is 11.2. The van der Waals surface area contributed by atoms with E-state index in [4.69, 9.17) is 0 Å². The van der Waals surface area contributed by atoms with Crippen LogP contribution >= 0.6 is 0 Å². The Labute approximate surface area is 103 Å². The summed E-state index contributed by atoms with van der Waals surface area (Å²) in [5.41, 5.74) is 0.644. The van der Waals surface area contributed by atoms with Crippen LogP contribution in [0.4, 0.5) is 0 Å². The first-order valence-electron chi connectivity index (χ1n) is 5.96. The van der Waals surface area contributed by atoms with Crippen LogP contribution in [-0.2, 0) is 9.59 Å². The van der Waals surface area contributed by atoms with E-state index in [-0.39, 0.29) is 23.3 Å². The third-order valence-corrected chi connectivity index (χ3v) is 2.81. The van der Waals surface area contributed by atoms with Gasteiger partial charge in [0.05, 0.1) is 0 Å². The molecule has 0 saturated carbocycles. The highest BCUT2D eigenvalue weighted by Gasteiger charge is 2.37. The minimum atomic E-state index is -0.199. The number of nitrogens with zero attached hydrogens (tertiary/aromatic N) is 1. The minimum absolute atomic E-state index is 0.0432. The minimum Gasteiger partial charge on any atom is -0.385 e. The second kappa shape index (κ2) is 4.90. The number of nitrogens with one attached hydrogen (secondary N) is 1. The van der Waals surface area contributed by atoms with Crippen molar-refractivity contribution in [3.63, 3.8) is 0 Å². The number of piperidine rings is 1. The second-order valence-corrected chi connectivity index (χ2v) is 5.74. The van der Waals surface area contributed by atoms with E-state index in [2.05, 4.69) is 11.9 Å². The Morgan fingerprint density at radius 3 is 2.29 bits per heavy atom. The van der Waals surface area contributed by atoms with E-state index < -0.39 is 0 Å². The van der Waals surface area contributed by atoms with Crippen LogP contribution in [0.2, 0.25) is 0 Å². The van der Waals surface area contributed by atoms with Crippen molar-refractivity contribution in [3.05, 3.63) is 12.3 Å². The van der Waals surface area contributed by atoms with Gasteiger partial charge in [0.15, 0.2) is 0 Å². The van der Waals surface area contributed by atoms with E-state index in [1.807, 2.05) is 27.7 Å². The largest absolute Gasteiger partial charge is 0.385 e. The average molecular weight is 238 g/mol. The highest BCUT2D eigenvalue weighted by atomic mass is 16.2. The molecular formula is C13H22N2O2. The molecule has 1 aliphatic rings. The SMILES string of the molecule is C=C(C)NC(C)CN1C(=O)CC(C)(C)CC1=O. The average Bonchev–Trinajstić information content (AvgIpc) is 2.08. The van der Waals surface area contributed by atoms with Crippen molar-refractivity contribution in [2.45, 2.75) is 46.6 Å². The Morgan fingerprint density at radius 1 is 1.41 bits per heavy atom. The van der Waals surface area contributed by atoms with Gasteiger partial charge in [0.2, 0.25) is 11.8 Å². The first-order valence-corrected chi connectivity index (χ1v) is 5.96. The fourth-order valence-corrected chi connectivity index (χ4v) is 2.15. The summed E-state index contributed by atoms with van der Waals surface area (Å²) < 4.78 is 0. The number of carbonyl (C=O) groups excluding carboxylic acids is 2. The highest BCUT2D eigenvalue weighted by molar-refractivity contribution is 5.98. The van der Waals surface area contributed by atoms with Gasteiger partial charge in [-0.3, -0.25) is 14.5 Å². The zero-order valence-corrected chi connectivity index (χ0v) is 11.2. The molecule has 1 rings (SSSR count). The fraction of sp³-hybridized carbons (Fsp3) is 0.692. The Balaban J connectivity index is 2.63. The first-order chi connectivity index (χ1) is 7.71. The van der Waals surface area contributed by atoms with Crippen molar-refractivity contribution in [1.82, 2.24) is 10.2 Å². The molecule has 17 heavy (non-hydrogen) atoms. The summed E-state index contributed by atoms with van der Waals surface area (Å²) in [7, 11) is 0. The molecule has 0 radical (unpaired) electrons. The molecule has 1 fully saturated rings. The number of likely N-dealkylation sites (tertiary alicyclic amines) is 1. The summed E-state index contributed by atoms with van der Waals surface area (Å²) in [5, 5.41) is 3.11. The first kappa shape index (κ1) is 13.7. The lowest BCUT2D eigenvalue weighted by molar-refractivity contribution is -0.152. The van der Waals surface area contributed by atoms with Gasteiger partial charge in [0.25, 0.3) is 0 Å². The quantitative estimate of drug-likeness (QED) is 0.758. The molecule has 4 heteroatoms. The molecule has 96 valence electrons. The van der Waals surface area contributed by atoms with E-state index >= 15 is 0 Å². The molecular weight excluding hydrogens is 216 g/mol. The van der Waals surface area contributed by atoms with Gasteiger partial charge in [-0.2, -0.15) is 0 Å². The zero-order chi connectivity index (χ0) is 13.2. The fourth-order valence-electron chi connectivity index (χ4n) is 2.15. The summed E-state index contributed by atoms with van der Waals surface area (Å²) in [6.07, 6.45) is 0.886. The number of imide groups is 1. The molecule has 1 N–H and O–H groups in total. The lowest BCUT2D eigenvalue weighted by Crippen LogP contribution is -2.50. The molecule has 0 aliphatic carbocycles. The molecule has 0 spiro atoms. The molecule has 1 atom stereocenters. The van der Waals surface area contributed by atoms with E-state index in [1.165, 1.54) is 4.90 Å². The highest BCUT2D eigenvalue weighted by Crippen LogP contribution is 2.31. The van der Waals surface area contributed by atoms with Gasteiger partial charge in [-0.1, -0.05) is 20.4 Å². The molecule has 2 amide bonds. The van der Waals surface area contributed by atoms with E-state index in [0.717, 1.165) is 5.70 Å². The third kappa shape index (κ3) is 3.88. The summed E-state index contributed by atoms with van der Waals surface area (Å²) in [6.45, 7) is 11.9. The molecule has 0 aromatic heterocycles. The predicted molar refractivity (Wildman–Crippen MR) is 67.1 cm³/mol. The summed E-state index contributed by atoms with van der Waals surface area (Å²) in [6, 6.07) is 0.0432. The van der Waals surface area contributed by atoms with Crippen molar-refractivity contribution in [2.24, 2.45) is 5.41 Å². The summed E-state index contributed by atoms with van der Waals surface area (Å²) in [5.74, 6) is -0.136. The van der Waals surface area contributed by atoms with Crippen molar-refractivity contribution >= 4 is 11.8 Å². The molecule has 4 nitrogen and oxygen atoms in total. The molecule has 0 aromatic rings. The topological polar surface area (TPSA) is 49.4 Å². The van der Waals surface area contributed by atoms with Crippen LogP contribution in [0, 0.1) is 5.41 Å². The number of allylic oxidation sites excluding steroid dienone is 1. The van der Waals surface area contributed by atoms with Crippen LogP contribution in [0.25, 0.3) is 0 Å². The van der Waals surface area contributed by atoms with E-state index in [0.29, 0.717) is 19.4 Å². The van der Waals surface area contributed by atoms with E-state index in [1.54, 1.807) is 0 Å².